The van der Waals surface area contributed by atoms with Gasteiger partial charge in [-0.25, -0.2) is 5.10 Å². The quantitative estimate of drug-likeness (QED) is 0.766. The highest BCUT2D eigenvalue weighted by molar-refractivity contribution is 5.74. The molecule has 2 N–H and O–H groups in total. The van der Waals surface area contributed by atoms with E-state index >= 15 is 0 Å². The molecular weight excluding hydrogens is 306 g/mol. The fourth-order valence-electron chi connectivity index (χ4n) is 3.16. The van der Waals surface area contributed by atoms with Crippen molar-refractivity contribution < 1.29 is 4.42 Å². The van der Waals surface area contributed by atoms with Crippen molar-refractivity contribution in [3.05, 3.63) is 46.8 Å². The van der Waals surface area contributed by atoms with Crippen LogP contribution in [0.5, 0.6) is 0 Å². The van der Waals surface area contributed by atoms with E-state index in [2.05, 4.69) is 25.4 Å². The summed E-state index contributed by atoms with van der Waals surface area (Å²) >= 11 is 0. The third-order valence-corrected chi connectivity index (χ3v) is 4.37. The number of fused-ring (bicyclic) bond motifs is 1. The van der Waals surface area contributed by atoms with Crippen LogP contribution in [0.15, 0.2) is 45.6 Å². The molecule has 1 aliphatic heterocycles. The lowest BCUT2D eigenvalue weighted by Gasteiger charge is -2.36. The molecule has 2 aromatic heterocycles. The van der Waals surface area contributed by atoms with Crippen LogP contribution in [0.25, 0.3) is 11.1 Å². The Labute approximate surface area is 138 Å². The Morgan fingerprint density at radius 1 is 1.25 bits per heavy atom. The van der Waals surface area contributed by atoms with Gasteiger partial charge in [0.2, 0.25) is 0 Å². The number of nitrogens with one attached hydrogen (secondary N) is 2. The summed E-state index contributed by atoms with van der Waals surface area (Å²) in [6, 6.07) is 11.8. The van der Waals surface area contributed by atoms with E-state index in [1.165, 1.54) is 12.5 Å². The molecule has 0 amide bonds. The van der Waals surface area contributed by atoms with E-state index in [0.717, 1.165) is 36.3 Å². The Bertz CT molecular complexity index is 834. The molecule has 124 valence electrons. The first kappa shape index (κ1) is 14.7. The molecule has 7 nitrogen and oxygen atoms in total. The summed E-state index contributed by atoms with van der Waals surface area (Å²) in [6.07, 6.45) is 3.37. The molecule has 0 spiro atoms. The van der Waals surface area contributed by atoms with Crippen LogP contribution in [0.2, 0.25) is 0 Å². The lowest BCUT2D eigenvalue weighted by molar-refractivity contribution is 0.463. The Morgan fingerprint density at radius 2 is 2.17 bits per heavy atom. The average molecular weight is 325 g/mol. The number of para-hydroxylation sites is 2. The zero-order chi connectivity index (χ0) is 16.4. The van der Waals surface area contributed by atoms with E-state index in [1.807, 2.05) is 24.3 Å². The summed E-state index contributed by atoms with van der Waals surface area (Å²) in [5.74, 6) is 0.804. The molecule has 1 aromatic carbocycles. The third-order valence-electron chi connectivity index (χ3n) is 4.37. The fourth-order valence-corrected chi connectivity index (χ4v) is 3.16. The van der Waals surface area contributed by atoms with E-state index in [1.54, 1.807) is 6.07 Å². The number of hydrogen-bond acceptors (Lipinski definition) is 6. The minimum Gasteiger partial charge on any atom is -0.424 e. The van der Waals surface area contributed by atoms with Gasteiger partial charge in [-0.05, 0) is 37.5 Å². The molecule has 1 unspecified atom stereocenters. The van der Waals surface area contributed by atoms with Gasteiger partial charge in [-0.1, -0.05) is 12.1 Å². The molecule has 4 rings (SSSR count). The van der Waals surface area contributed by atoms with Gasteiger partial charge < -0.3 is 14.6 Å². The van der Waals surface area contributed by atoms with Crippen molar-refractivity contribution >= 4 is 22.9 Å². The monoisotopic (exact) mass is 325 g/mol. The second-order valence-corrected chi connectivity index (χ2v) is 5.99. The second-order valence-electron chi connectivity index (χ2n) is 5.99. The number of H-pyrrole nitrogens is 1. The summed E-state index contributed by atoms with van der Waals surface area (Å²) in [4.78, 5) is 17.9. The molecule has 1 atom stereocenters. The number of rotatable bonds is 4. The third kappa shape index (κ3) is 2.97. The highest BCUT2D eigenvalue weighted by atomic mass is 16.4. The van der Waals surface area contributed by atoms with Gasteiger partial charge in [0.25, 0.3) is 11.6 Å². The van der Waals surface area contributed by atoms with Crippen LogP contribution in [0.3, 0.4) is 0 Å². The van der Waals surface area contributed by atoms with Crippen molar-refractivity contribution in [2.45, 2.75) is 25.3 Å². The van der Waals surface area contributed by atoms with Gasteiger partial charge >= 0.3 is 0 Å². The first-order valence-corrected chi connectivity index (χ1v) is 8.21. The van der Waals surface area contributed by atoms with Gasteiger partial charge in [-0.3, -0.25) is 4.79 Å². The maximum absolute atomic E-state index is 11.2. The van der Waals surface area contributed by atoms with Crippen molar-refractivity contribution in [3.8, 4) is 0 Å². The molecule has 1 aliphatic rings. The average Bonchev–Trinajstić information content (AvgIpc) is 3.04. The maximum Gasteiger partial charge on any atom is 0.295 e. The minimum absolute atomic E-state index is 0.183. The second kappa shape index (κ2) is 6.35. The van der Waals surface area contributed by atoms with Crippen LogP contribution >= 0.6 is 0 Å². The molecule has 0 radical (unpaired) electrons. The van der Waals surface area contributed by atoms with Crippen LogP contribution < -0.4 is 15.8 Å². The maximum atomic E-state index is 11.2. The zero-order valence-corrected chi connectivity index (χ0v) is 13.2. The van der Waals surface area contributed by atoms with Crippen LogP contribution in [0.4, 0.5) is 11.8 Å². The standard InChI is InChI=1S/C17H19N5O2/c23-16-9-8-15(20-21-16)22-10-4-3-5-12(22)11-18-17-19-13-6-1-2-7-14(13)24-17/h1-2,6-9,12H,3-5,10-11H2,(H,18,19)(H,21,23). The highest BCUT2D eigenvalue weighted by Crippen LogP contribution is 2.23. The van der Waals surface area contributed by atoms with Gasteiger partial charge in [-0.15, -0.1) is 0 Å². The Kier molecular flexibility index (Phi) is 3.90. The van der Waals surface area contributed by atoms with Crippen molar-refractivity contribution in [3.63, 3.8) is 0 Å². The molecule has 7 heteroatoms. The minimum atomic E-state index is -0.183. The van der Waals surface area contributed by atoms with Crippen LogP contribution in [0.1, 0.15) is 19.3 Å². The molecule has 1 saturated heterocycles. The number of anilines is 2. The van der Waals surface area contributed by atoms with Crippen molar-refractivity contribution in [1.29, 1.82) is 0 Å². The summed E-state index contributed by atoms with van der Waals surface area (Å²) in [6.45, 7) is 1.65. The van der Waals surface area contributed by atoms with Gasteiger partial charge in [0.1, 0.15) is 11.3 Å². The molecule has 3 heterocycles. The van der Waals surface area contributed by atoms with Crippen LogP contribution in [-0.4, -0.2) is 34.3 Å². The molecule has 1 fully saturated rings. The Morgan fingerprint density at radius 3 is 3.00 bits per heavy atom. The SMILES string of the molecule is O=c1ccc(N2CCCCC2CNc2nc3ccccc3o2)n[nH]1. The van der Waals surface area contributed by atoms with E-state index in [9.17, 15) is 4.79 Å². The lowest BCUT2D eigenvalue weighted by Crippen LogP contribution is -2.44. The number of benzene rings is 1. The Balaban J connectivity index is 1.48. The fraction of sp³-hybridized carbons (Fsp3) is 0.353. The van der Waals surface area contributed by atoms with Crippen LogP contribution in [0, 0.1) is 0 Å². The molecule has 0 saturated carbocycles. The molecule has 3 aromatic rings. The topological polar surface area (TPSA) is 87.1 Å². The number of aromatic amines is 1. The van der Waals surface area contributed by atoms with E-state index in [-0.39, 0.29) is 11.6 Å². The number of aromatic nitrogens is 3. The normalized spacial score (nSPS) is 18.0. The predicted octanol–water partition coefficient (Wildman–Crippen LogP) is 2.38. The largest absolute Gasteiger partial charge is 0.424 e. The van der Waals surface area contributed by atoms with Crippen molar-refractivity contribution in [2.24, 2.45) is 0 Å². The number of hydrogen-bond donors (Lipinski definition) is 2. The zero-order valence-electron chi connectivity index (χ0n) is 13.2. The van der Waals surface area contributed by atoms with Gasteiger partial charge in [0.15, 0.2) is 5.58 Å². The van der Waals surface area contributed by atoms with Gasteiger partial charge in [0.05, 0.1) is 0 Å². The van der Waals surface area contributed by atoms with Crippen LogP contribution in [-0.2, 0) is 0 Å². The highest BCUT2D eigenvalue weighted by Gasteiger charge is 2.24. The molecular formula is C17H19N5O2. The first-order chi connectivity index (χ1) is 11.8. The summed E-state index contributed by atoms with van der Waals surface area (Å²) in [5, 5.41) is 9.97. The van der Waals surface area contributed by atoms with E-state index < -0.39 is 0 Å². The molecule has 0 aliphatic carbocycles. The van der Waals surface area contributed by atoms with Crippen molar-refractivity contribution in [1.82, 2.24) is 15.2 Å². The summed E-state index contributed by atoms with van der Waals surface area (Å²) in [5.41, 5.74) is 1.45. The summed E-state index contributed by atoms with van der Waals surface area (Å²) in [7, 11) is 0. The predicted molar refractivity (Wildman–Crippen MR) is 92.3 cm³/mol. The lowest BCUT2D eigenvalue weighted by atomic mass is 10.0. The van der Waals surface area contributed by atoms with Gasteiger partial charge in [0, 0.05) is 25.2 Å². The number of oxazole rings is 1. The summed E-state index contributed by atoms with van der Waals surface area (Å²) < 4.78 is 5.71. The van der Waals surface area contributed by atoms with E-state index in [4.69, 9.17) is 4.42 Å². The number of nitrogens with zero attached hydrogens (tertiary/aromatic N) is 3. The molecule has 24 heavy (non-hydrogen) atoms. The van der Waals surface area contributed by atoms with Gasteiger partial charge in [-0.2, -0.15) is 10.1 Å². The Hall–Kier alpha value is -2.83. The number of piperidine rings is 1. The van der Waals surface area contributed by atoms with Crippen molar-refractivity contribution in [2.75, 3.05) is 23.3 Å². The smallest absolute Gasteiger partial charge is 0.295 e. The van der Waals surface area contributed by atoms with E-state index in [0.29, 0.717) is 12.6 Å². The molecule has 0 bridgehead atoms. The first-order valence-electron chi connectivity index (χ1n) is 8.21.